The standard InChI is InChI=1S/C74H130NO8P/c1-6-8-10-12-14-16-18-20-22-24-26-28-29-30-31-32-33-34-35-36-37-38-39-40-41-42-43-44-45-47-49-51-53-55-57-59-61-63-65-67-74(77)83-72(71-82-84(78,79)81-69-68-75(3,4)5)70-80-73(76)66-64-62-60-58-56-54-52-50-48-46-27-25-23-21-19-17-15-13-11-9-7-2/h8,10,14,16,20,22,25-28,30-31,33-34,36-37,39-40,72H,6-7,9,11-13,15,17-19,21,23-24,29,32,35,38,41-71H2,1-5H3/p+1/b10-8-,16-14-,22-20-,27-25-,28-26-,31-30-,34-33-,37-36-,40-39-. The minimum absolute atomic E-state index is 0.0286. The second-order valence-electron chi connectivity index (χ2n) is 24.2. The van der Waals surface area contributed by atoms with E-state index in [1.165, 1.54) is 173 Å². The van der Waals surface area contributed by atoms with E-state index in [1.807, 2.05) is 21.1 Å². The Kier molecular flexibility index (Phi) is 61.6. The maximum Gasteiger partial charge on any atom is 0.472 e. The number of phosphoric ester groups is 1. The van der Waals surface area contributed by atoms with Gasteiger partial charge in [-0.05, 0) is 103 Å². The quantitative estimate of drug-likeness (QED) is 0.0211. The predicted molar refractivity (Wildman–Crippen MR) is 362 cm³/mol. The Labute approximate surface area is 518 Å². The van der Waals surface area contributed by atoms with Gasteiger partial charge in [-0.3, -0.25) is 18.6 Å². The number of phosphoric acid groups is 1. The molecule has 2 atom stereocenters. The number of quaternary nitrogens is 1. The summed E-state index contributed by atoms with van der Waals surface area (Å²) in [7, 11) is 1.48. The van der Waals surface area contributed by atoms with Crippen molar-refractivity contribution in [3.05, 3.63) is 109 Å². The molecule has 0 aliphatic heterocycles. The van der Waals surface area contributed by atoms with Gasteiger partial charge >= 0.3 is 19.8 Å². The summed E-state index contributed by atoms with van der Waals surface area (Å²) in [4.78, 5) is 35.8. The van der Waals surface area contributed by atoms with E-state index in [0.717, 1.165) is 89.9 Å². The average molecular weight is 1190 g/mol. The van der Waals surface area contributed by atoms with E-state index in [1.54, 1.807) is 0 Å². The van der Waals surface area contributed by atoms with Crippen LogP contribution in [0.2, 0.25) is 0 Å². The second-order valence-corrected chi connectivity index (χ2v) is 25.6. The fraction of sp³-hybridized carbons (Fsp3) is 0.730. The lowest BCUT2D eigenvalue weighted by Gasteiger charge is -2.24. The molecule has 0 aromatic carbocycles. The topological polar surface area (TPSA) is 108 Å². The third-order valence-electron chi connectivity index (χ3n) is 14.8. The van der Waals surface area contributed by atoms with Crippen LogP contribution < -0.4 is 0 Å². The smallest absolute Gasteiger partial charge is 0.462 e. The lowest BCUT2D eigenvalue weighted by atomic mass is 10.0. The molecule has 0 spiro atoms. The molecular weight excluding hydrogens is 1060 g/mol. The second kappa shape index (κ2) is 64.2. The fourth-order valence-electron chi connectivity index (χ4n) is 9.50. The van der Waals surface area contributed by atoms with Crippen LogP contribution in [0.3, 0.4) is 0 Å². The molecule has 0 radical (unpaired) electrons. The molecule has 0 rings (SSSR count). The van der Waals surface area contributed by atoms with Crippen molar-refractivity contribution < 1.29 is 42.1 Å². The van der Waals surface area contributed by atoms with Crippen molar-refractivity contribution in [3.63, 3.8) is 0 Å². The number of ether oxygens (including phenoxy) is 2. The lowest BCUT2D eigenvalue weighted by Crippen LogP contribution is -2.37. The van der Waals surface area contributed by atoms with Gasteiger partial charge in [-0.25, -0.2) is 4.57 Å². The predicted octanol–water partition coefficient (Wildman–Crippen LogP) is 22.5. The molecule has 2 unspecified atom stereocenters. The lowest BCUT2D eigenvalue weighted by molar-refractivity contribution is -0.870. The van der Waals surface area contributed by atoms with Gasteiger partial charge in [0.05, 0.1) is 27.7 Å². The number of unbranched alkanes of at least 4 members (excludes halogenated alkanes) is 31. The number of nitrogens with zero attached hydrogens (tertiary/aromatic N) is 1. The molecule has 0 aliphatic rings. The number of hydrogen-bond donors (Lipinski definition) is 1. The number of carbonyl (C=O) groups is 2. The normalized spacial score (nSPS) is 13.8. The van der Waals surface area contributed by atoms with Crippen molar-refractivity contribution in [2.24, 2.45) is 0 Å². The van der Waals surface area contributed by atoms with Gasteiger partial charge in [0.25, 0.3) is 0 Å². The van der Waals surface area contributed by atoms with Gasteiger partial charge in [-0.2, -0.15) is 0 Å². The minimum atomic E-state index is -4.40. The number of allylic oxidation sites excluding steroid dienone is 18. The largest absolute Gasteiger partial charge is 0.472 e. The fourth-order valence-corrected chi connectivity index (χ4v) is 10.2. The molecular formula is C74H131NO8P+. The van der Waals surface area contributed by atoms with Crippen LogP contribution in [-0.4, -0.2) is 74.9 Å². The van der Waals surface area contributed by atoms with Crippen LogP contribution in [0.1, 0.15) is 296 Å². The van der Waals surface area contributed by atoms with Crippen LogP contribution in [0.25, 0.3) is 0 Å². The van der Waals surface area contributed by atoms with E-state index >= 15 is 0 Å². The van der Waals surface area contributed by atoms with Gasteiger partial charge in [0.1, 0.15) is 19.8 Å². The maximum absolute atomic E-state index is 12.9. The summed E-state index contributed by atoms with van der Waals surface area (Å²) in [5.74, 6) is -0.795. The van der Waals surface area contributed by atoms with Crippen molar-refractivity contribution in [3.8, 4) is 0 Å². The monoisotopic (exact) mass is 1190 g/mol. The van der Waals surface area contributed by atoms with E-state index in [9.17, 15) is 19.0 Å². The molecule has 484 valence electrons. The molecule has 0 aliphatic carbocycles. The Morgan fingerprint density at radius 2 is 0.679 bits per heavy atom. The SMILES string of the molecule is CC/C=C\C/C=C\C/C=C\C/C=C\C/C=C\C/C=C\C/C=C\C/C=C\CCCCCCCCCCCCCCCCC(=O)OC(COC(=O)CCCCCCCCCCC/C=C\CCCCCCCCCC)COP(=O)(O)OCC[N+](C)(C)C. The van der Waals surface area contributed by atoms with Crippen molar-refractivity contribution in [1.82, 2.24) is 0 Å². The van der Waals surface area contributed by atoms with E-state index in [0.29, 0.717) is 17.4 Å². The molecule has 0 saturated carbocycles. The molecule has 9 nitrogen and oxygen atoms in total. The molecule has 0 amide bonds. The molecule has 1 N–H and O–H groups in total. The summed E-state index contributed by atoms with van der Waals surface area (Å²) in [6.45, 7) is 4.34. The highest BCUT2D eigenvalue weighted by atomic mass is 31.2. The number of hydrogen-bond acceptors (Lipinski definition) is 7. The Morgan fingerprint density at radius 1 is 0.381 bits per heavy atom. The Hall–Kier alpha value is -3.33. The molecule has 0 bridgehead atoms. The maximum atomic E-state index is 12.9. The van der Waals surface area contributed by atoms with E-state index in [2.05, 4.69) is 123 Å². The van der Waals surface area contributed by atoms with Crippen molar-refractivity contribution in [2.45, 2.75) is 302 Å². The first-order valence-corrected chi connectivity index (χ1v) is 36.1. The van der Waals surface area contributed by atoms with Crippen molar-refractivity contribution in [2.75, 3.05) is 47.5 Å². The van der Waals surface area contributed by atoms with Crippen LogP contribution >= 0.6 is 7.82 Å². The molecule has 0 aromatic heterocycles. The van der Waals surface area contributed by atoms with E-state index in [4.69, 9.17) is 18.5 Å². The van der Waals surface area contributed by atoms with Gasteiger partial charge in [-0.15, -0.1) is 0 Å². The summed E-state index contributed by atoms with van der Waals surface area (Å²) in [5.41, 5.74) is 0. The highest BCUT2D eigenvalue weighted by Gasteiger charge is 2.27. The first kappa shape index (κ1) is 80.7. The first-order chi connectivity index (χ1) is 41.0. The van der Waals surface area contributed by atoms with Gasteiger partial charge in [0.15, 0.2) is 6.10 Å². The van der Waals surface area contributed by atoms with E-state index in [-0.39, 0.29) is 32.0 Å². The van der Waals surface area contributed by atoms with Crippen LogP contribution in [0, 0.1) is 0 Å². The van der Waals surface area contributed by atoms with Gasteiger partial charge < -0.3 is 18.9 Å². The molecule has 0 saturated heterocycles. The number of esters is 2. The van der Waals surface area contributed by atoms with Gasteiger partial charge in [-0.1, -0.05) is 290 Å². The van der Waals surface area contributed by atoms with Gasteiger partial charge in [0.2, 0.25) is 0 Å². The molecule has 10 heteroatoms. The van der Waals surface area contributed by atoms with Crippen LogP contribution in [-0.2, 0) is 32.7 Å². The van der Waals surface area contributed by atoms with Crippen molar-refractivity contribution >= 4 is 19.8 Å². The summed E-state index contributed by atoms with van der Waals surface area (Å²) >= 11 is 0. The first-order valence-electron chi connectivity index (χ1n) is 34.6. The molecule has 0 heterocycles. The summed E-state index contributed by atoms with van der Waals surface area (Å²) in [6.07, 6.45) is 90.4. The zero-order valence-electron chi connectivity index (χ0n) is 55.1. The van der Waals surface area contributed by atoms with Crippen LogP contribution in [0.5, 0.6) is 0 Å². The zero-order valence-corrected chi connectivity index (χ0v) is 56.0. The summed E-state index contributed by atoms with van der Waals surface area (Å²) < 4.78 is 34.7. The number of rotatable bonds is 63. The van der Waals surface area contributed by atoms with Crippen molar-refractivity contribution in [1.29, 1.82) is 0 Å². The minimum Gasteiger partial charge on any atom is -0.462 e. The Morgan fingerprint density at radius 3 is 1.02 bits per heavy atom. The molecule has 0 fully saturated rings. The highest BCUT2D eigenvalue weighted by Crippen LogP contribution is 2.43. The van der Waals surface area contributed by atoms with E-state index < -0.39 is 26.5 Å². The third kappa shape index (κ3) is 67.8. The summed E-state index contributed by atoms with van der Waals surface area (Å²) in [5, 5.41) is 0. The van der Waals surface area contributed by atoms with Crippen LogP contribution in [0.15, 0.2) is 109 Å². The third-order valence-corrected chi connectivity index (χ3v) is 15.8. The molecule has 84 heavy (non-hydrogen) atoms. The van der Waals surface area contributed by atoms with Gasteiger partial charge in [0, 0.05) is 12.8 Å². The highest BCUT2D eigenvalue weighted by molar-refractivity contribution is 7.47. The van der Waals surface area contributed by atoms with Crippen LogP contribution in [0.4, 0.5) is 0 Å². The summed E-state index contributed by atoms with van der Waals surface area (Å²) in [6, 6.07) is 0. The Bertz CT molecular complexity index is 1790. The average Bonchev–Trinajstić information content (AvgIpc) is 3.61. The number of likely N-dealkylation sites (N-methyl/N-ethyl adjacent to an activating group) is 1. The Balaban J connectivity index is 4.04. The zero-order chi connectivity index (χ0) is 61.2. The molecule has 0 aromatic rings. The number of carbonyl (C=O) groups excluding carboxylic acids is 2.